The summed E-state index contributed by atoms with van der Waals surface area (Å²) in [4.78, 5) is 22.7. The molecule has 6 nitrogen and oxygen atoms in total. The Kier molecular flexibility index (Phi) is 6.44. The maximum absolute atomic E-state index is 11.8. The number of primary amides is 1. The van der Waals surface area contributed by atoms with Crippen LogP contribution in [0.2, 0.25) is 0 Å². The van der Waals surface area contributed by atoms with Gasteiger partial charge in [-0.2, -0.15) is 0 Å². The molecule has 7 heteroatoms. The predicted octanol–water partition coefficient (Wildman–Crippen LogP) is 0.524. The summed E-state index contributed by atoms with van der Waals surface area (Å²) in [5.41, 5.74) is 6.20. The van der Waals surface area contributed by atoms with Crippen molar-refractivity contribution < 1.29 is 14.3 Å². The molecule has 20 heavy (non-hydrogen) atoms. The number of ether oxygens (including phenoxy) is 1. The summed E-state index contributed by atoms with van der Waals surface area (Å²) in [6.45, 7) is 2.01. The zero-order valence-corrected chi connectivity index (χ0v) is 11.7. The highest BCUT2D eigenvalue weighted by Gasteiger charge is 2.16. The Hall–Kier alpha value is -1.63. The highest BCUT2D eigenvalue weighted by molar-refractivity contribution is 5.94. The number of hydrogen-bond acceptors (Lipinski definition) is 4. The smallest absolute Gasteiger partial charge is 0.248 e. The lowest BCUT2D eigenvalue weighted by atomic mass is 10.1. The molecular weight excluding hydrogens is 282 g/mol. The van der Waals surface area contributed by atoms with Gasteiger partial charge in [0, 0.05) is 30.3 Å². The number of hydrogen-bond donors (Lipinski definition) is 3. The average molecular weight is 300 g/mol. The molecule has 110 valence electrons. The molecule has 1 saturated heterocycles. The molecule has 1 heterocycles. The Morgan fingerprint density at radius 3 is 2.60 bits per heavy atom. The van der Waals surface area contributed by atoms with Crippen LogP contribution in [0.1, 0.15) is 16.8 Å². The molecule has 1 aliphatic heterocycles. The summed E-state index contributed by atoms with van der Waals surface area (Å²) < 4.78 is 5.28. The number of amides is 2. The molecule has 4 N–H and O–H groups in total. The van der Waals surface area contributed by atoms with Crippen molar-refractivity contribution in [2.45, 2.75) is 12.5 Å². The topological polar surface area (TPSA) is 93.5 Å². The van der Waals surface area contributed by atoms with Crippen molar-refractivity contribution in [2.75, 3.05) is 25.1 Å². The lowest BCUT2D eigenvalue weighted by molar-refractivity contribution is -0.117. The van der Waals surface area contributed by atoms with E-state index in [1.165, 1.54) is 0 Å². The van der Waals surface area contributed by atoms with Crippen molar-refractivity contribution in [3.63, 3.8) is 0 Å². The van der Waals surface area contributed by atoms with E-state index in [4.69, 9.17) is 10.5 Å². The van der Waals surface area contributed by atoms with Gasteiger partial charge in [-0.25, -0.2) is 0 Å². The third-order valence-corrected chi connectivity index (χ3v) is 2.88. The Morgan fingerprint density at radius 2 is 2.05 bits per heavy atom. The van der Waals surface area contributed by atoms with Gasteiger partial charge in [-0.3, -0.25) is 9.59 Å². The van der Waals surface area contributed by atoms with Crippen LogP contribution >= 0.6 is 12.4 Å². The van der Waals surface area contributed by atoms with E-state index in [0.717, 1.165) is 6.54 Å². The molecule has 2 rings (SSSR count). The molecule has 1 aromatic rings. The van der Waals surface area contributed by atoms with E-state index in [9.17, 15) is 9.59 Å². The van der Waals surface area contributed by atoms with Gasteiger partial charge >= 0.3 is 0 Å². The first-order valence-electron chi connectivity index (χ1n) is 6.16. The van der Waals surface area contributed by atoms with Crippen LogP contribution in [0.3, 0.4) is 0 Å². The van der Waals surface area contributed by atoms with Gasteiger partial charge in [0.05, 0.1) is 13.2 Å². The van der Waals surface area contributed by atoms with Crippen molar-refractivity contribution in [1.82, 2.24) is 5.32 Å². The number of carbonyl (C=O) groups is 2. The van der Waals surface area contributed by atoms with Crippen LogP contribution in [0, 0.1) is 0 Å². The Balaban J connectivity index is 0.00000200. The van der Waals surface area contributed by atoms with Crippen LogP contribution < -0.4 is 16.4 Å². The molecule has 2 amide bonds. The standard InChI is InChI=1S/C13H17N3O3.ClH/c14-13(18)9-1-3-10(4-2-9)16-12(17)7-11-8-19-6-5-15-11;/h1-4,11,15H,5-8H2,(H2,14,18)(H,16,17);1H. The molecular formula is C13H18ClN3O3. The van der Waals surface area contributed by atoms with E-state index < -0.39 is 5.91 Å². The quantitative estimate of drug-likeness (QED) is 0.756. The molecule has 1 unspecified atom stereocenters. The monoisotopic (exact) mass is 299 g/mol. The summed E-state index contributed by atoms with van der Waals surface area (Å²) in [6.07, 6.45) is 0.359. The van der Waals surface area contributed by atoms with Gasteiger partial charge < -0.3 is 21.1 Å². The zero-order chi connectivity index (χ0) is 13.7. The molecule has 1 fully saturated rings. The highest BCUT2D eigenvalue weighted by atomic mass is 35.5. The van der Waals surface area contributed by atoms with Crippen LogP contribution in [0.25, 0.3) is 0 Å². The first kappa shape index (κ1) is 16.4. The van der Waals surface area contributed by atoms with Crippen molar-refractivity contribution in [3.05, 3.63) is 29.8 Å². The number of nitrogens with one attached hydrogen (secondary N) is 2. The normalized spacial score (nSPS) is 17.9. The second kappa shape index (κ2) is 7.84. The van der Waals surface area contributed by atoms with Crippen LogP contribution in [0.4, 0.5) is 5.69 Å². The second-order valence-electron chi connectivity index (χ2n) is 4.42. The lowest BCUT2D eigenvalue weighted by Crippen LogP contribution is -2.43. The van der Waals surface area contributed by atoms with Gasteiger partial charge in [0.1, 0.15) is 0 Å². The van der Waals surface area contributed by atoms with Gasteiger partial charge in [-0.1, -0.05) is 0 Å². The highest BCUT2D eigenvalue weighted by Crippen LogP contribution is 2.10. The van der Waals surface area contributed by atoms with Gasteiger partial charge in [-0.05, 0) is 24.3 Å². The molecule has 0 spiro atoms. The number of halogens is 1. The minimum Gasteiger partial charge on any atom is -0.378 e. The molecule has 0 saturated carbocycles. The number of nitrogens with two attached hydrogens (primary N) is 1. The van der Waals surface area contributed by atoms with E-state index >= 15 is 0 Å². The largest absolute Gasteiger partial charge is 0.378 e. The lowest BCUT2D eigenvalue weighted by Gasteiger charge is -2.23. The molecule has 1 atom stereocenters. The van der Waals surface area contributed by atoms with E-state index in [1.807, 2.05) is 0 Å². The Morgan fingerprint density at radius 1 is 1.35 bits per heavy atom. The molecule has 0 aliphatic carbocycles. The van der Waals surface area contributed by atoms with E-state index in [1.54, 1.807) is 24.3 Å². The maximum atomic E-state index is 11.8. The summed E-state index contributed by atoms with van der Waals surface area (Å²) in [5.74, 6) is -0.573. The molecule has 1 aromatic carbocycles. The second-order valence-corrected chi connectivity index (χ2v) is 4.42. The molecule has 1 aliphatic rings. The van der Waals surface area contributed by atoms with Crippen molar-refractivity contribution in [3.8, 4) is 0 Å². The van der Waals surface area contributed by atoms with Crippen molar-refractivity contribution in [2.24, 2.45) is 5.73 Å². The number of morpholine rings is 1. The third kappa shape index (κ3) is 4.80. The molecule has 0 bridgehead atoms. The van der Waals surface area contributed by atoms with E-state index in [-0.39, 0.29) is 24.4 Å². The van der Waals surface area contributed by atoms with Gasteiger partial charge in [-0.15, -0.1) is 12.4 Å². The van der Waals surface area contributed by atoms with E-state index in [2.05, 4.69) is 10.6 Å². The van der Waals surface area contributed by atoms with E-state index in [0.29, 0.717) is 30.9 Å². The first-order valence-corrected chi connectivity index (χ1v) is 6.16. The summed E-state index contributed by atoms with van der Waals surface area (Å²) in [5, 5.41) is 5.98. The van der Waals surface area contributed by atoms with Gasteiger partial charge in [0.25, 0.3) is 0 Å². The first-order chi connectivity index (χ1) is 9.15. The van der Waals surface area contributed by atoms with Crippen LogP contribution in [-0.2, 0) is 9.53 Å². The number of rotatable bonds is 4. The fourth-order valence-electron chi connectivity index (χ4n) is 1.90. The minimum absolute atomic E-state index is 0. The summed E-state index contributed by atoms with van der Waals surface area (Å²) in [7, 11) is 0. The SMILES string of the molecule is Cl.NC(=O)c1ccc(NC(=O)CC2COCCN2)cc1. The minimum atomic E-state index is -0.485. The fraction of sp³-hybridized carbons (Fsp3) is 0.385. The van der Waals surface area contributed by atoms with Crippen LogP contribution in [0.15, 0.2) is 24.3 Å². The number of benzene rings is 1. The summed E-state index contributed by atoms with van der Waals surface area (Å²) >= 11 is 0. The zero-order valence-electron chi connectivity index (χ0n) is 10.9. The number of carbonyl (C=O) groups excluding carboxylic acids is 2. The van der Waals surface area contributed by atoms with Crippen LogP contribution in [0.5, 0.6) is 0 Å². The molecule has 0 radical (unpaired) electrons. The maximum Gasteiger partial charge on any atom is 0.248 e. The number of anilines is 1. The third-order valence-electron chi connectivity index (χ3n) is 2.88. The van der Waals surface area contributed by atoms with Gasteiger partial charge in [0.15, 0.2) is 0 Å². The Bertz CT molecular complexity index is 458. The average Bonchev–Trinajstić information content (AvgIpc) is 2.40. The van der Waals surface area contributed by atoms with Crippen molar-refractivity contribution in [1.29, 1.82) is 0 Å². The fourth-order valence-corrected chi connectivity index (χ4v) is 1.90. The summed E-state index contributed by atoms with van der Waals surface area (Å²) in [6, 6.07) is 6.53. The van der Waals surface area contributed by atoms with Gasteiger partial charge in [0.2, 0.25) is 11.8 Å². The molecule has 0 aromatic heterocycles. The van der Waals surface area contributed by atoms with Crippen molar-refractivity contribution >= 4 is 29.9 Å². The Labute approximate surface area is 123 Å². The van der Waals surface area contributed by atoms with Crippen LogP contribution in [-0.4, -0.2) is 37.6 Å². The predicted molar refractivity (Wildman–Crippen MR) is 78.1 cm³/mol.